The molecular formula is C74H144O17P2. The fourth-order valence-electron chi connectivity index (χ4n) is 11.2. The topological polar surface area (TPSA) is 237 Å². The molecule has 3 N–H and O–H groups in total. The van der Waals surface area contributed by atoms with Crippen molar-refractivity contribution < 1.29 is 80.2 Å². The minimum Gasteiger partial charge on any atom is -0.462 e. The lowest BCUT2D eigenvalue weighted by molar-refractivity contribution is -0.161. The normalized spacial score (nSPS) is 14.2. The van der Waals surface area contributed by atoms with Crippen molar-refractivity contribution >= 4 is 39.5 Å². The number of phosphoric ester groups is 2. The molecule has 0 amide bonds. The number of hydrogen-bond donors (Lipinski definition) is 3. The molecule has 0 saturated carbocycles. The molecule has 0 aromatic heterocycles. The molecule has 0 fully saturated rings. The van der Waals surface area contributed by atoms with E-state index in [0.717, 1.165) is 114 Å². The van der Waals surface area contributed by atoms with E-state index in [1.807, 2.05) is 0 Å². The summed E-state index contributed by atoms with van der Waals surface area (Å²) in [4.78, 5) is 72.7. The second-order valence-electron chi connectivity index (χ2n) is 28.6. The number of carbonyl (C=O) groups is 4. The summed E-state index contributed by atoms with van der Waals surface area (Å²) in [6.07, 6.45) is 47.3. The van der Waals surface area contributed by atoms with Gasteiger partial charge in [0.05, 0.1) is 26.4 Å². The number of phosphoric acid groups is 2. The second kappa shape index (κ2) is 63.5. The third-order valence-corrected chi connectivity index (χ3v) is 19.0. The number of aliphatic hydroxyl groups is 1. The molecule has 19 heteroatoms. The van der Waals surface area contributed by atoms with Crippen LogP contribution in [-0.4, -0.2) is 96.7 Å². The molecule has 0 bridgehead atoms. The summed E-state index contributed by atoms with van der Waals surface area (Å²) in [5.41, 5.74) is 0. The first-order valence-corrected chi connectivity index (χ1v) is 41.2. The molecule has 3 unspecified atom stereocenters. The van der Waals surface area contributed by atoms with Crippen LogP contribution < -0.4 is 0 Å². The highest BCUT2D eigenvalue weighted by molar-refractivity contribution is 7.47. The van der Waals surface area contributed by atoms with Gasteiger partial charge in [0.25, 0.3) is 0 Å². The summed E-state index contributed by atoms with van der Waals surface area (Å²) < 4.78 is 68.4. The molecule has 5 atom stereocenters. The SMILES string of the molecule is CC(C)CCCCCCCCCCCCCCCCCC(=O)O[C@H](COC(=O)CCCCCCCCC(C)C)COP(=O)(O)OCC(O)COP(=O)(O)OC[C@@H](COC(=O)CCCCCCCCCCCCC(C)C)OC(=O)CCCCCCCCCCCCC(C)C. The van der Waals surface area contributed by atoms with Crippen molar-refractivity contribution in [1.82, 2.24) is 0 Å². The molecule has 0 aliphatic carbocycles. The number of aliphatic hydroxyl groups excluding tert-OH is 1. The molecule has 552 valence electrons. The van der Waals surface area contributed by atoms with Gasteiger partial charge in [-0.2, -0.15) is 0 Å². The number of unbranched alkanes of at least 4 members (excludes halogenated alkanes) is 37. The molecule has 0 aromatic carbocycles. The average molecular weight is 1370 g/mol. The molecule has 0 aliphatic heterocycles. The van der Waals surface area contributed by atoms with Gasteiger partial charge in [0.1, 0.15) is 19.3 Å². The van der Waals surface area contributed by atoms with Gasteiger partial charge in [-0.25, -0.2) is 9.13 Å². The Balaban J connectivity index is 5.22. The van der Waals surface area contributed by atoms with E-state index in [9.17, 15) is 43.2 Å². The van der Waals surface area contributed by atoms with Crippen LogP contribution in [0.25, 0.3) is 0 Å². The van der Waals surface area contributed by atoms with Crippen molar-refractivity contribution in [3.8, 4) is 0 Å². The fourth-order valence-corrected chi connectivity index (χ4v) is 12.8. The number of ether oxygens (including phenoxy) is 4. The molecule has 0 heterocycles. The van der Waals surface area contributed by atoms with Gasteiger partial charge in [0.15, 0.2) is 12.2 Å². The largest absolute Gasteiger partial charge is 0.472 e. The summed E-state index contributed by atoms with van der Waals surface area (Å²) in [6, 6.07) is 0. The highest BCUT2D eigenvalue weighted by Gasteiger charge is 2.30. The Labute approximate surface area is 568 Å². The number of hydrogen-bond acceptors (Lipinski definition) is 15. The molecular weight excluding hydrogens is 1220 g/mol. The maximum atomic E-state index is 13.0. The van der Waals surface area contributed by atoms with Crippen molar-refractivity contribution in [3.63, 3.8) is 0 Å². The van der Waals surface area contributed by atoms with Crippen LogP contribution in [0.15, 0.2) is 0 Å². The van der Waals surface area contributed by atoms with Crippen molar-refractivity contribution in [1.29, 1.82) is 0 Å². The highest BCUT2D eigenvalue weighted by Crippen LogP contribution is 2.45. The fraction of sp³-hybridized carbons (Fsp3) is 0.946. The van der Waals surface area contributed by atoms with Gasteiger partial charge in [0, 0.05) is 25.7 Å². The Bertz CT molecular complexity index is 1830. The van der Waals surface area contributed by atoms with Crippen LogP contribution in [0.5, 0.6) is 0 Å². The summed E-state index contributed by atoms with van der Waals surface area (Å²) in [5.74, 6) is 0.867. The second-order valence-corrected chi connectivity index (χ2v) is 31.5. The average Bonchev–Trinajstić information content (AvgIpc) is 2.32. The van der Waals surface area contributed by atoms with Crippen LogP contribution in [0.4, 0.5) is 0 Å². The van der Waals surface area contributed by atoms with Gasteiger partial charge in [-0.3, -0.25) is 37.3 Å². The third kappa shape index (κ3) is 68.4. The first kappa shape index (κ1) is 91.1. The summed E-state index contributed by atoms with van der Waals surface area (Å²) >= 11 is 0. The molecule has 0 aromatic rings. The Hall–Kier alpha value is -1.94. The smallest absolute Gasteiger partial charge is 0.462 e. The lowest BCUT2D eigenvalue weighted by Crippen LogP contribution is -2.30. The van der Waals surface area contributed by atoms with Gasteiger partial charge >= 0.3 is 39.5 Å². The Morgan fingerprint density at radius 2 is 0.452 bits per heavy atom. The van der Waals surface area contributed by atoms with Crippen LogP contribution in [0, 0.1) is 23.7 Å². The van der Waals surface area contributed by atoms with E-state index in [4.69, 9.17) is 37.0 Å². The quantitative estimate of drug-likeness (QED) is 0.0222. The summed E-state index contributed by atoms with van der Waals surface area (Å²) in [5, 5.41) is 10.6. The van der Waals surface area contributed by atoms with E-state index >= 15 is 0 Å². The van der Waals surface area contributed by atoms with E-state index in [1.165, 1.54) is 167 Å². The summed E-state index contributed by atoms with van der Waals surface area (Å²) in [7, 11) is -9.91. The van der Waals surface area contributed by atoms with Crippen molar-refractivity contribution in [3.05, 3.63) is 0 Å². The highest BCUT2D eigenvalue weighted by atomic mass is 31.2. The summed E-state index contributed by atoms with van der Waals surface area (Å²) in [6.45, 7) is 14.1. The zero-order chi connectivity index (χ0) is 68.9. The Morgan fingerprint density at radius 3 is 0.667 bits per heavy atom. The van der Waals surface area contributed by atoms with E-state index in [0.29, 0.717) is 31.6 Å². The molecule has 0 rings (SSSR count). The van der Waals surface area contributed by atoms with Crippen LogP contribution in [0.2, 0.25) is 0 Å². The van der Waals surface area contributed by atoms with Crippen LogP contribution >= 0.6 is 15.6 Å². The molecule has 0 saturated heterocycles. The zero-order valence-corrected chi connectivity index (χ0v) is 62.7. The maximum Gasteiger partial charge on any atom is 0.472 e. The van der Waals surface area contributed by atoms with Crippen LogP contribution in [0.3, 0.4) is 0 Å². The monoisotopic (exact) mass is 1370 g/mol. The first-order valence-electron chi connectivity index (χ1n) is 38.2. The van der Waals surface area contributed by atoms with Gasteiger partial charge in [-0.1, -0.05) is 319 Å². The Morgan fingerprint density at radius 1 is 0.269 bits per heavy atom. The molecule has 0 spiro atoms. The van der Waals surface area contributed by atoms with Crippen LogP contribution in [-0.2, 0) is 65.4 Å². The lowest BCUT2D eigenvalue weighted by atomic mass is 10.0. The molecule has 0 radical (unpaired) electrons. The van der Waals surface area contributed by atoms with Crippen molar-refractivity contribution in [2.75, 3.05) is 39.6 Å². The van der Waals surface area contributed by atoms with E-state index in [1.54, 1.807) is 0 Å². The van der Waals surface area contributed by atoms with Crippen molar-refractivity contribution in [2.45, 2.75) is 388 Å². The first-order chi connectivity index (χ1) is 44.6. The lowest BCUT2D eigenvalue weighted by Gasteiger charge is -2.21. The number of esters is 4. The molecule has 0 aliphatic rings. The van der Waals surface area contributed by atoms with Gasteiger partial charge < -0.3 is 33.8 Å². The maximum absolute atomic E-state index is 13.0. The number of carbonyl (C=O) groups excluding carboxylic acids is 4. The zero-order valence-electron chi connectivity index (χ0n) is 60.9. The third-order valence-electron chi connectivity index (χ3n) is 17.1. The number of rotatable bonds is 71. The van der Waals surface area contributed by atoms with Crippen LogP contribution in [0.1, 0.15) is 370 Å². The predicted octanol–water partition coefficient (Wildman–Crippen LogP) is 21.3. The molecule has 93 heavy (non-hydrogen) atoms. The standard InChI is InChI=1S/C74H144O17P2/c1-64(2)50-42-34-26-20-14-12-10-9-11-13-15-24-30-40-48-56-73(78)91-70(61-85-72(77)55-47-39-33-32-37-45-53-67(7)8)63-89-93(82,83)87-59-68(75)58-86-92(80,81)88-62-69(90-74(79)57-49-41-31-25-19-17-22-28-36-44-52-66(5)6)60-84-71(76)54-46-38-29-23-18-16-21-27-35-43-51-65(3)4/h64-70,75H,9-63H2,1-8H3,(H,80,81)(H,82,83)/t68?,69-,70-/m1/s1. The minimum atomic E-state index is -4.95. The van der Waals surface area contributed by atoms with E-state index in [-0.39, 0.29) is 25.7 Å². The van der Waals surface area contributed by atoms with Gasteiger partial charge in [-0.05, 0) is 49.4 Å². The van der Waals surface area contributed by atoms with E-state index in [2.05, 4.69) is 55.4 Å². The van der Waals surface area contributed by atoms with Gasteiger partial charge in [-0.15, -0.1) is 0 Å². The van der Waals surface area contributed by atoms with Gasteiger partial charge in [0.2, 0.25) is 0 Å². The van der Waals surface area contributed by atoms with E-state index < -0.39 is 97.5 Å². The van der Waals surface area contributed by atoms with Crippen molar-refractivity contribution in [2.24, 2.45) is 23.7 Å². The molecule has 17 nitrogen and oxygen atoms in total. The minimum absolute atomic E-state index is 0.105. The Kier molecular flexibility index (Phi) is 62.2. The predicted molar refractivity (Wildman–Crippen MR) is 377 cm³/mol.